The molecule has 0 saturated heterocycles. The molecule has 1 amide bonds. The first-order valence-corrected chi connectivity index (χ1v) is 9.76. The maximum absolute atomic E-state index is 13.3. The third kappa shape index (κ3) is 3.63. The van der Waals surface area contributed by atoms with E-state index in [1.165, 1.54) is 29.0 Å². The van der Waals surface area contributed by atoms with E-state index in [1.54, 1.807) is 17.7 Å². The van der Waals surface area contributed by atoms with E-state index in [4.69, 9.17) is 11.6 Å². The van der Waals surface area contributed by atoms with E-state index in [0.717, 1.165) is 5.56 Å². The van der Waals surface area contributed by atoms with Gasteiger partial charge in [0.05, 0.1) is 28.0 Å². The van der Waals surface area contributed by atoms with Crippen LogP contribution in [0.4, 0.5) is 9.52 Å². The Morgan fingerprint density at radius 1 is 1.21 bits per heavy atom. The molecule has 0 atom stereocenters. The fraction of sp³-hybridized carbons (Fsp3) is 0.150. The molecule has 0 spiro atoms. The van der Waals surface area contributed by atoms with Crippen molar-refractivity contribution in [2.24, 2.45) is 0 Å². The molecule has 0 saturated carbocycles. The summed E-state index contributed by atoms with van der Waals surface area (Å²) < 4.78 is 15.6. The number of halogens is 2. The fourth-order valence-corrected chi connectivity index (χ4v) is 4.10. The van der Waals surface area contributed by atoms with Gasteiger partial charge in [-0.05, 0) is 37.6 Å². The second-order valence-electron chi connectivity index (χ2n) is 6.48. The first-order chi connectivity index (χ1) is 13.4. The quantitative estimate of drug-likeness (QED) is 0.499. The zero-order chi connectivity index (χ0) is 19.8. The lowest BCUT2D eigenvalue weighted by Gasteiger charge is -2.05. The molecule has 1 N–H and O–H groups in total. The van der Waals surface area contributed by atoms with Gasteiger partial charge in [-0.25, -0.2) is 14.1 Å². The molecule has 4 aromatic rings. The van der Waals surface area contributed by atoms with Crippen LogP contribution in [0.25, 0.3) is 10.2 Å². The minimum absolute atomic E-state index is 0.266. The number of aromatic nitrogens is 3. The average molecular weight is 415 g/mol. The Bertz CT molecular complexity index is 1180. The second-order valence-corrected chi connectivity index (χ2v) is 7.87. The molecule has 0 fully saturated rings. The van der Waals surface area contributed by atoms with Gasteiger partial charge in [-0.1, -0.05) is 52.8 Å². The van der Waals surface area contributed by atoms with Crippen LogP contribution in [0.15, 0.2) is 42.5 Å². The van der Waals surface area contributed by atoms with Gasteiger partial charge in [0.1, 0.15) is 11.0 Å². The highest BCUT2D eigenvalue weighted by atomic mass is 35.5. The van der Waals surface area contributed by atoms with Gasteiger partial charge in [-0.3, -0.25) is 10.1 Å². The third-order valence-corrected chi connectivity index (χ3v) is 5.63. The van der Waals surface area contributed by atoms with Crippen LogP contribution >= 0.6 is 22.9 Å². The van der Waals surface area contributed by atoms with Crippen molar-refractivity contribution in [2.45, 2.75) is 20.4 Å². The number of hydrogen-bond donors (Lipinski definition) is 1. The standard InChI is InChI=1S/C20H16ClFN4OS/c1-11-3-5-13(6-4-11)10-26-18(21)17(12(2)25-26)19(27)24-20-23-15-8-7-14(22)9-16(15)28-20/h3-9H,10H2,1-2H3,(H,23,24,27). The Balaban J connectivity index is 1.58. The Kier molecular flexibility index (Phi) is 4.87. The molecule has 0 aliphatic rings. The number of aryl methyl sites for hydroxylation is 2. The topological polar surface area (TPSA) is 59.8 Å². The summed E-state index contributed by atoms with van der Waals surface area (Å²) >= 11 is 7.65. The molecule has 28 heavy (non-hydrogen) atoms. The lowest BCUT2D eigenvalue weighted by atomic mass is 10.1. The van der Waals surface area contributed by atoms with Crippen LogP contribution in [0, 0.1) is 19.7 Å². The number of anilines is 1. The number of carbonyl (C=O) groups is 1. The summed E-state index contributed by atoms with van der Waals surface area (Å²) in [4.78, 5) is 17.1. The number of amides is 1. The van der Waals surface area contributed by atoms with Crippen LogP contribution in [-0.4, -0.2) is 20.7 Å². The maximum Gasteiger partial charge on any atom is 0.262 e. The number of nitrogens with zero attached hydrogens (tertiary/aromatic N) is 3. The maximum atomic E-state index is 13.3. The van der Waals surface area contributed by atoms with Crippen molar-refractivity contribution in [3.63, 3.8) is 0 Å². The van der Waals surface area contributed by atoms with E-state index in [0.29, 0.717) is 33.2 Å². The predicted molar refractivity (Wildman–Crippen MR) is 110 cm³/mol. The van der Waals surface area contributed by atoms with Gasteiger partial charge in [-0.2, -0.15) is 5.10 Å². The fourth-order valence-electron chi connectivity index (χ4n) is 2.89. The van der Waals surface area contributed by atoms with E-state index in [1.807, 2.05) is 31.2 Å². The highest BCUT2D eigenvalue weighted by Crippen LogP contribution is 2.28. The zero-order valence-corrected chi connectivity index (χ0v) is 16.7. The first-order valence-electron chi connectivity index (χ1n) is 8.56. The molecule has 2 aromatic heterocycles. The SMILES string of the molecule is Cc1ccc(Cn2nc(C)c(C(=O)Nc3nc4ccc(F)cc4s3)c2Cl)cc1. The summed E-state index contributed by atoms with van der Waals surface area (Å²) in [6.45, 7) is 4.22. The van der Waals surface area contributed by atoms with Gasteiger partial charge in [0.25, 0.3) is 5.91 Å². The largest absolute Gasteiger partial charge is 0.298 e. The number of benzene rings is 2. The predicted octanol–water partition coefficient (Wildman–Crippen LogP) is 5.20. The smallest absolute Gasteiger partial charge is 0.262 e. The van der Waals surface area contributed by atoms with E-state index in [9.17, 15) is 9.18 Å². The molecule has 142 valence electrons. The van der Waals surface area contributed by atoms with Crippen molar-refractivity contribution < 1.29 is 9.18 Å². The zero-order valence-electron chi connectivity index (χ0n) is 15.2. The second kappa shape index (κ2) is 7.33. The molecule has 0 aliphatic heterocycles. The van der Waals surface area contributed by atoms with Crippen LogP contribution in [-0.2, 0) is 6.54 Å². The molecule has 0 bridgehead atoms. The first kappa shape index (κ1) is 18.6. The van der Waals surface area contributed by atoms with Gasteiger partial charge in [-0.15, -0.1) is 0 Å². The van der Waals surface area contributed by atoms with Gasteiger partial charge in [0, 0.05) is 0 Å². The van der Waals surface area contributed by atoms with Crippen LogP contribution in [0.2, 0.25) is 5.15 Å². The Hall–Kier alpha value is -2.77. The molecule has 8 heteroatoms. The van der Waals surface area contributed by atoms with E-state index < -0.39 is 5.91 Å². The van der Waals surface area contributed by atoms with Gasteiger partial charge in [0.2, 0.25) is 0 Å². The van der Waals surface area contributed by atoms with E-state index in [2.05, 4.69) is 15.4 Å². The minimum Gasteiger partial charge on any atom is -0.298 e. The molecular formula is C20H16ClFN4OS. The molecule has 0 radical (unpaired) electrons. The number of fused-ring (bicyclic) bond motifs is 1. The average Bonchev–Trinajstić information content (AvgIpc) is 3.16. The summed E-state index contributed by atoms with van der Waals surface area (Å²) in [5.74, 6) is -0.734. The van der Waals surface area contributed by atoms with Crippen molar-refractivity contribution in [3.05, 3.63) is 75.8 Å². The molecular weight excluding hydrogens is 399 g/mol. The van der Waals surface area contributed by atoms with Gasteiger partial charge in [0.15, 0.2) is 5.13 Å². The van der Waals surface area contributed by atoms with Crippen LogP contribution in [0.1, 0.15) is 27.2 Å². The highest BCUT2D eigenvalue weighted by molar-refractivity contribution is 7.22. The summed E-state index contributed by atoms with van der Waals surface area (Å²) in [6, 6.07) is 12.3. The number of carbonyl (C=O) groups excluding carboxylic acids is 1. The van der Waals surface area contributed by atoms with Crippen LogP contribution in [0.3, 0.4) is 0 Å². The van der Waals surface area contributed by atoms with E-state index >= 15 is 0 Å². The van der Waals surface area contributed by atoms with Crippen molar-refractivity contribution in [1.82, 2.24) is 14.8 Å². The van der Waals surface area contributed by atoms with Crippen molar-refractivity contribution >= 4 is 44.2 Å². The summed E-state index contributed by atoms with van der Waals surface area (Å²) in [6.07, 6.45) is 0. The third-order valence-electron chi connectivity index (χ3n) is 4.32. The summed E-state index contributed by atoms with van der Waals surface area (Å²) in [5.41, 5.74) is 3.66. The Morgan fingerprint density at radius 3 is 2.71 bits per heavy atom. The Labute approximate surface area is 169 Å². The minimum atomic E-state index is -0.391. The lowest BCUT2D eigenvalue weighted by molar-refractivity contribution is 0.102. The summed E-state index contributed by atoms with van der Waals surface area (Å²) in [5, 5.41) is 7.79. The number of hydrogen-bond acceptors (Lipinski definition) is 4. The molecule has 0 aliphatic carbocycles. The van der Waals surface area contributed by atoms with Gasteiger partial charge >= 0.3 is 0 Å². The van der Waals surface area contributed by atoms with Crippen molar-refractivity contribution in [1.29, 1.82) is 0 Å². The number of thiazole rings is 1. The normalized spacial score (nSPS) is 11.1. The molecule has 5 nitrogen and oxygen atoms in total. The number of rotatable bonds is 4. The van der Waals surface area contributed by atoms with E-state index in [-0.39, 0.29) is 11.0 Å². The molecule has 0 unspecified atom stereocenters. The highest BCUT2D eigenvalue weighted by Gasteiger charge is 2.21. The lowest BCUT2D eigenvalue weighted by Crippen LogP contribution is -2.13. The molecule has 2 heterocycles. The molecule has 4 rings (SSSR count). The van der Waals surface area contributed by atoms with Crippen molar-refractivity contribution in [3.8, 4) is 0 Å². The monoisotopic (exact) mass is 414 g/mol. The Morgan fingerprint density at radius 2 is 1.96 bits per heavy atom. The van der Waals surface area contributed by atoms with Crippen molar-refractivity contribution in [2.75, 3.05) is 5.32 Å². The van der Waals surface area contributed by atoms with Crippen LogP contribution < -0.4 is 5.32 Å². The number of nitrogens with one attached hydrogen (secondary N) is 1. The summed E-state index contributed by atoms with van der Waals surface area (Å²) in [7, 11) is 0. The van der Waals surface area contributed by atoms with Crippen LogP contribution in [0.5, 0.6) is 0 Å². The van der Waals surface area contributed by atoms with Gasteiger partial charge < -0.3 is 0 Å². The molecule has 2 aromatic carbocycles.